The molecule has 0 saturated carbocycles. The summed E-state index contributed by atoms with van der Waals surface area (Å²) in [4.78, 5) is 0. The summed E-state index contributed by atoms with van der Waals surface area (Å²) in [6, 6.07) is 13.1. The van der Waals surface area contributed by atoms with Gasteiger partial charge in [0.1, 0.15) is 5.75 Å². The molecule has 100 valence electrons. The first-order chi connectivity index (χ1) is 9.10. The van der Waals surface area contributed by atoms with Gasteiger partial charge in [-0.15, -0.1) is 0 Å². The van der Waals surface area contributed by atoms with Gasteiger partial charge >= 0.3 is 0 Å². The third-order valence-corrected chi connectivity index (χ3v) is 3.56. The second-order valence-electron chi connectivity index (χ2n) is 4.32. The Balaban J connectivity index is 2.17. The van der Waals surface area contributed by atoms with Gasteiger partial charge in [-0.25, -0.2) is 0 Å². The highest BCUT2D eigenvalue weighted by Crippen LogP contribution is 2.26. The van der Waals surface area contributed by atoms with E-state index in [2.05, 4.69) is 0 Å². The molecule has 0 amide bonds. The van der Waals surface area contributed by atoms with Gasteiger partial charge in [-0.3, -0.25) is 0 Å². The number of hydrogen-bond donors (Lipinski definition) is 1. The fourth-order valence-corrected chi connectivity index (χ4v) is 2.40. The maximum absolute atomic E-state index is 6.21. The van der Waals surface area contributed by atoms with Crippen molar-refractivity contribution < 1.29 is 4.74 Å². The molecular formula is C15H15Cl2NO. The molecule has 1 atom stereocenters. The third kappa shape index (κ3) is 3.63. The van der Waals surface area contributed by atoms with Gasteiger partial charge in [0.25, 0.3) is 0 Å². The van der Waals surface area contributed by atoms with Gasteiger partial charge in [-0.05, 0) is 41.8 Å². The van der Waals surface area contributed by atoms with Crippen LogP contribution in [0.1, 0.15) is 17.2 Å². The first-order valence-electron chi connectivity index (χ1n) is 5.93. The van der Waals surface area contributed by atoms with Crippen LogP contribution in [0.25, 0.3) is 0 Å². The van der Waals surface area contributed by atoms with Crippen molar-refractivity contribution in [3.05, 3.63) is 63.6 Å². The van der Waals surface area contributed by atoms with Crippen molar-refractivity contribution >= 4 is 23.2 Å². The van der Waals surface area contributed by atoms with Crippen molar-refractivity contribution in [2.75, 3.05) is 7.11 Å². The Kier molecular flexibility index (Phi) is 4.70. The number of halogens is 2. The maximum atomic E-state index is 6.21. The van der Waals surface area contributed by atoms with Crippen LogP contribution in [0, 0.1) is 0 Å². The number of benzene rings is 2. The van der Waals surface area contributed by atoms with E-state index < -0.39 is 0 Å². The molecular weight excluding hydrogens is 281 g/mol. The van der Waals surface area contributed by atoms with Crippen molar-refractivity contribution in [1.29, 1.82) is 0 Å². The summed E-state index contributed by atoms with van der Waals surface area (Å²) in [5.41, 5.74) is 8.22. The highest BCUT2D eigenvalue weighted by molar-refractivity contribution is 6.35. The minimum atomic E-state index is -0.131. The van der Waals surface area contributed by atoms with Crippen molar-refractivity contribution in [3.8, 4) is 5.75 Å². The Bertz CT molecular complexity index is 572. The Labute approximate surface area is 123 Å². The lowest BCUT2D eigenvalue weighted by atomic mass is 9.99. The SMILES string of the molecule is COc1cccc(C(N)Cc2ccc(Cl)cc2Cl)c1. The normalized spacial score (nSPS) is 12.2. The second kappa shape index (κ2) is 6.29. The predicted octanol–water partition coefficient (Wildman–Crippen LogP) is 4.24. The van der Waals surface area contributed by atoms with E-state index in [0.29, 0.717) is 16.5 Å². The Morgan fingerprint density at radius 2 is 1.95 bits per heavy atom. The highest BCUT2D eigenvalue weighted by Gasteiger charge is 2.10. The molecule has 1 unspecified atom stereocenters. The summed E-state index contributed by atoms with van der Waals surface area (Å²) >= 11 is 12.0. The molecule has 2 nitrogen and oxygen atoms in total. The van der Waals surface area contributed by atoms with Crippen LogP contribution < -0.4 is 10.5 Å². The maximum Gasteiger partial charge on any atom is 0.119 e. The van der Waals surface area contributed by atoms with Gasteiger partial charge in [-0.2, -0.15) is 0 Å². The number of ether oxygens (including phenoxy) is 1. The average molecular weight is 296 g/mol. The van der Waals surface area contributed by atoms with Gasteiger partial charge in [0, 0.05) is 16.1 Å². The van der Waals surface area contributed by atoms with E-state index >= 15 is 0 Å². The minimum absolute atomic E-state index is 0.131. The summed E-state index contributed by atoms with van der Waals surface area (Å²) in [5.74, 6) is 0.801. The smallest absolute Gasteiger partial charge is 0.119 e. The lowest BCUT2D eigenvalue weighted by Crippen LogP contribution is -2.13. The van der Waals surface area contributed by atoms with Gasteiger partial charge < -0.3 is 10.5 Å². The monoisotopic (exact) mass is 295 g/mol. The molecule has 2 rings (SSSR count). The number of hydrogen-bond acceptors (Lipinski definition) is 2. The summed E-state index contributed by atoms with van der Waals surface area (Å²) in [6.07, 6.45) is 0.656. The molecule has 0 radical (unpaired) electrons. The van der Waals surface area contributed by atoms with Crippen LogP contribution in [-0.2, 0) is 6.42 Å². The quantitative estimate of drug-likeness (QED) is 0.915. The minimum Gasteiger partial charge on any atom is -0.497 e. The summed E-state index contributed by atoms with van der Waals surface area (Å²) in [7, 11) is 1.64. The van der Waals surface area contributed by atoms with E-state index in [-0.39, 0.29) is 6.04 Å². The summed E-state index contributed by atoms with van der Waals surface area (Å²) < 4.78 is 5.20. The molecule has 2 aromatic carbocycles. The number of methoxy groups -OCH3 is 1. The number of nitrogens with two attached hydrogens (primary N) is 1. The first kappa shape index (κ1) is 14.2. The largest absolute Gasteiger partial charge is 0.497 e. The van der Waals surface area contributed by atoms with Crippen molar-refractivity contribution in [3.63, 3.8) is 0 Å². The predicted molar refractivity (Wildman–Crippen MR) is 80.1 cm³/mol. The molecule has 0 fully saturated rings. The van der Waals surface area contributed by atoms with Crippen LogP contribution in [0.4, 0.5) is 0 Å². The van der Waals surface area contributed by atoms with Gasteiger partial charge in [-0.1, -0.05) is 41.4 Å². The Morgan fingerprint density at radius 1 is 1.16 bits per heavy atom. The molecule has 0 aromatic heterocycles. The third-order valence-electron chi connectivity index (χ3n) is 2.98. The van der Waals surface area contributed by atoms with Gasteiger partial charge in [0.05, 0.1) is 7.11 Å². The van der Waals surface area contributed by atoms with Crippen molar-refractivity contribution in [2.24, 2.45) is 5.73 Å². The van der Waals surface area contributed by atoms with E-state index in [1.165, 1.54) is 0 Å². The molecule has 0 aliphatic rings. The first-order valence-corrected chi connectivity index (χ1v) is 6.69. The molecule has 19 heavy (non-hydrogen) atoms. The topological polar surface area (TPSA) is 35.2 Å². The molecule has 0 aliphatic heterocycles. The molecule has 0 aliphatic carbocycles. The van der Waals surface area contributed by atoms with E-state index in [0.717, 1.165) is 16.9 Å². The van der Waals surface area contributed by atoms with Crippen LogP contribution in [0.2, 0.25) is 10.0 Å². The zero-order valence-corrected chi connectivity index (χ0v) is 12.1. The molecule has 0 spiro atoms. The molecule has 0 heterocycles. The van der Waals surface area contributed by atoms with Crippen LogP contribution in [0.3, 0.4) is 0 Å². The van der Waals surface area contributed by atoms with Crippen LogP contribution >= 0.6 is 23.2 Å². The standard InChI is InChI=1S/C15H15Cl2NO/c1-19-13-4-2-3-11(7-13)15(18)8-10-5-6-12(16)9-14(10)17/h2-7,9,15H,8,18H2,1H3. The van der Waals surface area contributed by atoms with E-state index in [1.54, 1.807) is 13.2 Å². The van der Waals surface area contributed by atoms with E-state index in [9.17, 15) is 0 Å². The molecule has 0 bridgehead atoms. The lowest BCUT2D eigenvalue weighted by Gasteiger charge is -2.14. The zero-order chi connectivity index (χ0) is 13.8. The van der Waals surface area contributed by atoms with Crippen molar-refractivity contribution in [1.82, 2.24) is 0 Å². The summed E-state index contributed by atoms with van der Waals surface area (Å²) in [5, 5.41) is 1.27. The fraction of sp³-hybridized carbons (Fsp3) is 0.200. The van der Waals surface area contributed by atoms with Crippen LogP contribution in [0.15, 0.2) is 42.5 Å². The molecule has 2 aromatic rings. The second-order valence-corrected chi connectivity index (χ2v) is 5.17. The fourth-order valence-electron chi connectivity index (χ4n) is 1.91. The van der Waals surface area contributed by atoms with Gasteiger partial charge in [0.15, 0.2) is 0 Å². The summed E-state index contributed by atoms with van der Waals surface area (Å²) in [6.45, 7) is 0. The number of rotatable bonds is 4. The van der Waals surface area contributed by atoms with Crippen LogP contribution in [0.5, 0.6) is 5.75 Å². The average Bonchev–Trinajstić information content (AvgIpc) is 2.42. The van der Waals surface area contributed by atoms with Crippen LogP contribution in [-0.4, -0.2) is 7.11 Å². The lowest BCUT2D eigenvalue weighted by molar-refractivity contribution is 0.414. The van der Waals surface area contributed by atoms with Crippen molar-refractivity contribution in [2.45, 2.75) is 12.5 Å². The highest BCUT2D eigenvalue weighted by atomic mass is 35.5. The Hall–Kier alpha value is -1.22. The van der Waals surface area contributed by atoms with E-state index in [1.807, 2.05) is 36.4 Å². The zero-order valence-electron chi connectivity index (χ0n) is 10.6. The van der Waals surface area contributed by atoms with Gasteiger partial charge in [0.2, 0.25) is 0 Å². The molecule has 2 N–H and O–H groups in total. The Morgan fingerprint density at radius 3 is 2.63 bits per heavy atom. The molecule has 4 heteroatoms. The molecule has 0 saturated heterocycles. The van der Waals surface area contributed by atoms with E-state index in [4.69, 9.17) is 33.7 Å².